The van der Waals surface area contributed by atoms with Crippen molar-refractivity contribution >= 4 is 11.8 Å². The average Bonchev–Trinajstić information content (AvgIpc) is 2.27. The predicted octanol–water partition coefficient (Wildman–Crippen LogP) is 0.611. The van der Waals surface area contributed by atoms with Gasteiger partial charge in [-0.3, -0.25) is 9.59 Å². The number of nitrogens with two attached hydrogens (primary N) is 1. The van der Waals surface area contributed by atoms with E-state index in [4.69, 9.17) is 5.73 Å². The molecule has 1 saturated heterocycles. The van der Waals surface area contributed by atoms with Crippen LogP contribution < -0.4 is 5.73 Å². The minimum absolute atomic E-state index is 0.0646. The predicted molar refractivity (Wildman–Crippen MR) is 49.4 cm³/mol. The summed E-state index contributed by atoms with van der Waals surface area (Å²) in [4.78, 5) is 22.6. The van der Waals surface area contributed by atoms with Gasteiger partial charge in [-0.15, -0.1) is 0 Å². The van der Waals surface area contributed by atoms with Gasteiger partial charge in [0, 0.05) is 13.1 Å². The molecule has 1 unspecified atom stereocenters. The van der Waals surface area contributed by atoms with Gasteiger partial charge in [0.05, 0.1) is 5.92 Å². The molecule has 0 aromatic heterocycles. The fourth-order valence-electron chi connectivity index (χ4n) is 1.70. The van der Waals surface area contributed by atoms with E-state index in [0.717, 1.165) is 0 Å². The molecule has 0 spiro atoms. The first-order valence-corrected chi connectivity index (χ1v) is 5.01. The Kier molecular flexibility index (Phi) is 3.94. The molecular weight excluding hydrogens is 244 g/mol. The van der Waals surface area contributed by atoms with Crippen molar-refractivity contribution < 1.29 is 27.2 Å². The van der Waals surface area contributed by atoms with Crippen molar-refractivity contribution in [3.8, 4) is 0 Å². The van der Waals surface area contributed by atoms with Crippen LogP contribution in [0, 0.1) is 5.92 Å². The van der Waals surface area contributed by atoms with E-state index in [9.17, 15) is 27.2 Å². The number of likely N-dealkylation sites (tertiary alicyclic amines) is 1. The molecule has 0 saturated carbocycles. The van der Waals surface area contributed by atoms with Gasteiger partial charge in [0.15, 0.2) is 0 Å². The first kappa shape index (κ1) is 13.7. The summed E-state index contributed by atoms with van der Waals surface area (Å²) in [7, 11) is 0. The van der Waals surface area contributed by atoms with Gasteiger partial charge in [0.25, 0.3) is 5.91 Å². The van der Waals surface area contributed by atoms with E-state index in [-0.39, 0.29) is 13.1 Å². The molecule has 0 bridgehead atoms. The lowest BCUT2D eigenvalue weighted by atomic mass is 9.97. The molecule has 1 fully saturated rings. The lowest BCUT2D eigenvalue weighted by Gasteiger charge is -2.33. The third-order valence-electron chi connectivity index (χ3n) is 2.67. The van der Waals surface area contributed by atoms with Gasteiger partial charge in [-0.2, -0.15) is 8.78 Å². The lowest BCUT2D eigenvalue weighted by Crippen LogP contribution is -2.52. The van der Waals surface area contributed by atoms with Crippen molar-refractivity contribution in [2.45, 2.75) is 25.2 Å². The van der Waals surface area contributed by atoms with Crippen molar-refractivity contribution in [3.05, 3.63) is 0 Å². The topological polar surface area (TPSA) is 63.4 Å². The Hall–Kier alpha value is -1.34. The summed E-state index contributed by atoms with van der Waals surface area (Å²) in [6, 6.07) is 0. The van der Waals surface area contributed by atoms with Crippen LogP contribution in [-0.4, -0.2) is 42.2 Å². The molecule has 0 aromatic rings. The summed E-state index contributed by atoms with van der Waals surface area (Å²) in [5.41, 5.74) is 4.99. The van der Waals surface area contributed by atoms with Crippen molar-refractivity contribution in [1.29, 1.82) is 0 Å². The first-order valence-electron chi connectivity index (χ1n) is 5.01. The third kappa shape index (κ3) is 2.86. The normalized spacial score (nSPS) is 21.7. The molecule has 17 heavy (non-hydrogen) atoms. The number of amides is 2. The molecule has 2 N–H and O–H groups in total. The van der Waals surface area contributed by atoms with Crippen LogP contribution in [0.2, 0.25) is 0 Å². The van der Waals surface area contributed by atoms with Crippen LogP contribution in [-0.2, 0) is 9.59 Å². The first-order chi connectivity index (χ1) is 7.76. The molecule has 1 rings (SSSR count). The van der Waals surface area contributed by atoms with Gasteiger partial charge in [-0.05, 0) is 12.8 Å². The Morgan fingerprint density at radius 3 is 2.41 bits per heavy atom. The zero-order valence-corrected chi connectivity index (χ0v) is 8.84. The standard InChI is InChI=1S/C9H12F4N2O2/c10-7(11)9(12,13)8(17)15-3-1-2-5(4-15)6(14)16/h5,7H,1-4H2,(H2,14,16). The highest BCUT2D eigenvalue weighted by atomic mass is 19.3. The molecule has 98 valence electrons. The van der Waals surface area contributed by atoms with Crippen LogP contribution in [0.3, 0.4) is 0 Å². The Balaban J connectivity index is 2.73. The van der Waals surface area contributed by atoms with Crippen LogP contribution in [0.25, 0.3) is 0 Å². The summed E-state index contributed by atoms with van der Waals surface area (Å²) >= 11 is 0. The van der Waals surface area contributed by atoms with Crippen LogP contribution >= 0.6 is 0 Å². The average molecular weight is 256 g/mol. The highest BCUT2D eigenvalue weighted by Gasteiger charge is 2.51. The number of hydrogen-bond donors (Lipinski definition) is 1. The maximum absolute atomic E-state index is 12.8. The molecule has 4 nitrogen and oxygen atoms in total. The summed E-state index contributed by atoms with van der Waals surface area (Å²) in [5, 5.41) is 0. The van der Waals surface area contributed by atoms with Gasteiger partial charge in [0.1, 0.15) is 0 Å². The number of halogens is 4. The smallest absolute Gasteiger partial charge is 0.369 e. The van der Waals surface area contributed by atoms with E-state index in [2.05, 4.69) is 0 Å². The maximum Gasteiger partial charge on any atom is 0.383 e. The van der Waals surface area contributed by atoms with Crippen molar-refractivity contribution in [2.75, 3.05) is 13.1 Å². The summed E-state index contributed by atoms with van der Waals surface area (Å²) in [6.45, 7) is -0.388. The lowest BCUT2D eigenvalue weighted by molar-refractivity contribution is -0.182. The Bertz CT molecular complexity index is 322. The minimum atomic E-state index is -4.71. The van der Waals surface area contributed by atoms with Crippen LogP contribution in [0.1, 0.15) is 12.8 Å². The van der Waals surface area contributed by atoms with Crippen molar-refractivity contribution in [3.63, 3.8) is 0 Å². The Labute approximate surface area is 94.7 Å². The maximum atomic E-state index is 12.8. The van der Waals surface area contributed by atoms with E-state index in [1.165, 1.54) is 0 Å². The minimum Gasteiger partial charge on any atom is -0.369 e. The molecular formula is C9H12F4N2O2. The van der Waals surface area contributed by atoms with E-state index in [0.29, 0.717) is 17.7 Å². The van der Waals surface area contributed by atoms with Crippen LogP contribution in [0.15, 0.2) is 0 Å². The SMILES string of the molecule is NC(=O)C1CCCN(C(=O)C(F)(F)C(F)F)C1. The molecule has 0 aliphatic carbocycles. The number of nitrogens with zero attached hydrogens (tertiary/aromatic N) is 1. The molecule has 1 atom stereocenters. The number of rotatable bonds is 3. The van der Waals surface area contributed by atoms with Gasteiger partial charge in [-0.1, -0.05) is 0 Å². The third-order valence-corrected chi connectivity index (χ3v) is 2.67. The van der Waals surface area contributed by atoms with E-state index >= 15 is 0 Å². The number of hydrogen-bond acceptors (Lipinski definition) is 2. The molecule has 8 heteroatoms. The summed E-state index contributed by atoms with van der Waals surface area (Å²) in [5.74, 6) is -8.12. The zero-order valence-electron chi connectivity index (χ0n) is 8.84. The van der Waals surface area contributed by atoms with E-state index in [1.807, 2.05) is 0 Å². The second kappa shape index (κ2) is 4.89. The number of primary amides is 1. The quantitative estimate of drug-likeness (QED) is 0.752. The Morgan fingerprint density at radius 1 is 1.35 bits per heavy atom. The van der Waals surface area contributed by atoms with E-state index in [1.54, 1.807) is 0 Å². The number of piperidine rings is 1. The van der Waals surface area contributed by atoms with Crippen molar-refractivity contribution in [2.24, 2.45) is 11.7 Å². The van der Waals surface area contributed by atoms with Crippen LogP contribution in [0.4, 0.5) is 17.6 Å². The summed E-state index contributed by atoms with van der Waals surface area (Å²) < 4.78 is 49.6. The van der Waals surface area contributed by atoms with Crippen molar-refractivity contribution in [1.82, 2.24) is 4.90 Å². The molecule has 0 radical (unpaired) electrons. The molecule has 1 aliphatic rings. The monoisotopic (exact) mass is 256 g/mol. The zero-order chi connectivity index (χ0) is 13.2. The number of alkyl halides is 4. The second-order valence-electron chi connectivity index (χ2n) is 3.92. The Morgan fingerprint density at radius 2 is 1.94 bits per heavy atom. The van der Waals surface area contributed by atoms with Gasteiger partial charge in [-0.25, -0.2) is 8.78 Å². The summed E-state index contributed by atoms with van der Waals surface area (Å²) in [6.07, 6.45) is -3.39. The fourth-order valence-corrected chi connectivity index (χ4v) is 1.70. The highest BCUT2D eigenvalue weighted by molar-refractivity contribution is 5.85. The number of carbonyl (C=O) groups is 2. The largest absolute Gasteiger partial charge is 0.383 e. The van der Waals surface area contributed by atoms with Gasteiger partial charge in [0.2, 0.25) is 5.91 Å². The van der Waals surface area contributed by atoms with Gasteiger partial charge < -0.3 is 10.6 Å². The molecule has 2 amide bonds. The van der Waals surface area contributed by atoms with E-state index < -0.39 is 30.1 Å². The van der Waals surface area contributed by atoms with Gasteiger partial charge >= 0.3 is 12.3 Å². The molecule has 0 aromatic carbocycles. The van der Waals surface area contributed by atoms with Crippen LogP contribution in [0.5, 0.6) is 0 Å². The molecule has 1 heterocycles. The fraction of sp³-hybridized carbons (Fsp3) is 0.778. The number of carbonyl (C=O) groups excluding carboxylic acids is 2. The highest BCUT2D eigenvalue weighted by Crippen LogP contribution is 2.27. The second-order valence-corrected chi connectivity index (χ2v) is 3.92. The molecule has 1 aliphatic heterocycles.